The maximum atomic E-state index is 12.4. The van der Waals surface area contributed by atoms with Crippen LogP contribution in [0.1, 0.15) is 52.7 Å². The van der Waals surface area contributed by atoms with Crippen molar-refractivity contribution in [3.63, 3.8) is 0 Å². The molecule has 0 heterocycles. The molecule has 0 unspecified atom stereocenters. The second-order valence-electron chi connectivity index (χ2n) is 5.07. The second kappa shape index (κ2) is 6.90. The van der Waals surface area contributed by atoms with Crippen molar-refractivity contribution in [3.05, 3.63) is 34.4 Å². The van der Waals surface area contributed by atoms with Gasteiger partial charge in [0.15, 0.2) is 0 Å². The fraction of sp³-hybridized carbons (Fsp3) is 0.533. The average Bonchev–Trinajstić information content (AvgIpc) is 2.77. The van der Waals surface area contributed by atoms with Crippen LogP contribution in [-0.4, -0.2) is 11.2 Å². The smallest absolute Gasteiger partial charge is 0.456 e. The minimum absolute atomic E-state index is 0. The molecule has 0 amide bonds. The van der Waals surface area contributed by atoms with Gasteiger partial charge in [-0.1, -0.05) is 37.8 Å². The first-order valence-corrected chi connectivity index (χ1v) is 7.38. The third-order valence-electron chi connectivity index (χ3n) is 3.78. The molecule has 3 heteroatoms. The summed E-state index contributed by atoms with van der Waals surface area (Å²) in [6, 6.07) is 4.17. The van der Waals surface area contributed by atoms with Gasteiger partial charge in [0.05, 0.1) is 0 Å². The standard InChI is InChI=1S/C15H20OP.Li/c1-10-8-9-11(2)14(12(10)3)15(16)17-13-6-4-5-7-13;/h8-9,13H,4-7H2,1-3H3;/q-1;+1. The number of carbonyl (C=O) groups is 1. The molecule has 18 heavy (non-hydrogen) atoms. The fourth-order valence-electron chi connectivity index (χ4n) is 2.54. The van der Waals surface area contributed by atoms with Crippen molar-refractivity contribution in [1.82, 2.24) is 0 Å². The number of hydrogen-bond acceptors (Lipinski definition) is 1. The van der Waals surface area contributed by atoms with E-state index in [1.165, 1.54) is 36.8 Å². The Labute approximate surface area is 124 Å². The number of benzene rings is 1. The largest absolute Gasteiger partial charge is 1.00 e. The van der Waals surface area contributed by atoms with Gasteiger partial charge in [-0.05, 0) is 43.0 Å². The molecule has 1 aromatic carbocycles. The van der Waals surface area contributed by atoms with E-state index in [4.69, 9.17) is 0 Å². The summed E-state index contributed by atoms with van der Waals surface area (Å²) in [5.41, 5.74) is 5.43. The van der Waals surface area contributed by atoms with E-state index in [1.807, 2.05) is 6.92 Å². The summed E-state index contributed by atoms with van der Waals surface area (Å²) >= 11 is 0. The molecule has 0 aromatic heterocycles. The van der Waals surface area contributed by atoms with Crippen LogP contribution in [0.3, 0.4) is 0 Å². The zero-order valence-electron chi connectivity index (χ0n) is 11.9. The molecule has 0 saturated heterocycles. The maximum absolute atomic E-state index is 12.4. The van der Waals surface area contributed by atoms with Crippen LogP contribution in [0.15, 0.2) is 12.1 Å². The van der Waals surface area contributed by atoms with Crippen molar-refractivity contribution in [2.24, 2.45) is 0 Å². The van der Waals surface area contributed by atoms with Crippen LogP contribution in [0.25, 0.3) is 0 Å². The van der Waals surface area contributed by atoms with Crippen molar-refractivity contribution < 1.29 is 23.7 Å². The second-order valence-corrected chi connectivity index (χ2v) is 6.47. The Hall–Kier alpha value is -0.0826. The maximum Gasteiger partial charge on any atom is 1.00 e. The minimum Gasteiger partial charge on any atom is -0.456 e. The normalized spacial score (nSPS) is 16.2. The molecule has 1 aliphatic rings. The topological polar surface area (TPSA) is 17.1 Å². The number of hydrogen-bond donors (Lipinski definition) is 0. The zero-order valence-corrected chi connectivity index (χ0v) is 12.8. The molecule has 0 aliphatic heterocycles. The van der Waals surface area contributed by atoms with Crippen LogP contribution in [0.4, 0.5) is 0 Å². The van der Waals surface area contributed by atoms with E-state index in [0.717, 1.165) is 19.7 Å². The molecule has 1 saturated carbocycles. The van der Waals surface area contributed by atoms with Crippen LogP contribution in [0.5, 0.6) is 0 Å². The van der Waals surface area contributed by atoms with Gasteiger partial charge in [-0.25, -0.2) is 0 Å². The van der Waals surface area contributed by atoms with Crippen LogP contribution in [-0.2, 0) is 0 Å². The van der Waals surface area contributed by atoms with Gasteiger partial charge in [0.25, 0.3) is 0 Å². The molecule has 1 nitrogen and oxygen atoms in total. The minimum atomic E-state index is 0. The molecule has 0 atom stereocenters. The zero-order chi connectivity index (χ0) is 12.4. The van der Waals surface area contributed by atoms with Crippen molar-refractivity contribution in [3.8, 4) is 0 Å². The first kappa shape index (κ1) is 16.0. The number of carbonyl (C=O) groups excluding carboxylic acids is 1. The molecule has 1 aliphatic carbocycles. The van der Waals surface area contributed by atoms with Gasteiger partial charge < -0.3 is 13.4 Å². The van der Waals surface area contributed by atoms with Gasteiger partial charge in [-0.3, -0.25) is 0 Å². The van der Waals surface area contributed by atoms with Crippen molar-refractivity contribution in [1.29, 1.82) is 0 Å². The Morgan fingerprint density at radius 2 is 1.67 bits per heavy atom. The van der Waals surface area contributed by atoms with Crippen molar-refractivity contribution in [2.75, 3.05) is 0 Å². The van der Waals surface area contributed by atoms with Gasteiger partial charge >= 0.3 is 18.9 Å². The molecule has 2 rings (SSSR count). The van der Waals surface area contributed by atoms with Crippen LogP contribution in [0, 0.1) is 20.8 Å². The van der Waals surface area contributed by atoms with Gasteiger partial charge in [0.2, 0.25) is 0 Å². The quantitative estimate of drug-likeness (QED) is 0.592. The monoisotopic (exact) mass is 254 g/mol. The first-order valence-electron chi connectivity index (χ1n) is 6.41. The molecule has 0 radical (unpaired) electrons. The van der Waals surface area contributed by atoms with Gasteiger partial charge in [0, 0.05) is 5.52 Å². The predicted molar refractivity (Wildman–Crippen MR) is 74.2 cm³/mol. The summed E-state index contributed by atoms with van der Waals surface area (Å²) in [4.78, 5) is 12.4. The van der Waals surface area contributed by atoms with Gasteiger partial charge in [0.1, 0.15) is 0 Å². The Morgan fingerprint density at radius 3 is 2.28 bits per heavy atom. The Bertz CT molecular complexity index is 436. The van der Waals surface area contributed by atoms with E-state index in [1.54, 1.807) is 0 Å². The summed E-state index contributed by atoms with van der Waals surface area (Å²) in [6.07, 6.45) is 5.07. The molecule has 1 aromatic rings. The molecule has 0 bridgehead atoms. The molecule has 0 N–H and O–H groups in total. The van der Waals surface area contributed by atoms with Gasteiger partial charge in [-0.2, -0.15) is 5.66 Å². The van der Waals surface area contributed by atoms with Crippen LogP contribution >= 0.6 is 8.58 Å². The summed E-state index contributed by atoms with van der Waals surface area (Å²) in [7, 11) is 1.02. The van der Waals surface area contributed by atoms with E-state index in [0.29, 0.717) is 11.2 Å². The molecule has 1 fully saturated rings. The number of aryl methyl sites for hydroxylation is 2. The van der Waals surface area contributed by atoms with E-state index < -0.39 is 0 Å². The molecular weight excluding hydrogens is 234 g/mol. The molecule has 0 spiro atoms. The summed E-state index contributed by atoms with van der Waals surface area (Å²) in [6.45, 7) is 6.20. The Morgan fingerprint density at radius 1 is 1.11 bits per heavy atom. The van der Waals surface area contributed by atoms with Gasteiger partial charge in [-0.15, -0.1) is 0 Å². The summed E-state index contributed by atoms with van der Waals surface area (Å²) < 4.78 is 0. The van der Waals surface area contributed by atoms with E-state index >= 15 is 0 Å². The fourth-order valence-corrected chi connectivity index (χ4v) is 3.97. The summed E-state index contributed by atoms with van der Waals surface area (Å²) in [5, 5.41) is 0. The van der Waals surface area contributed by atoms with E-state index in [-0.39, 0.29) is 18.9 Å². The first-order chi connectivity index (χ1) is 8.09. The Balaban J connectivity index is 0.00000162. The van der Waals surface area contributed by atoms with Crippen LogP contribution < -0.4 is 18.9 Å². The third kappa shape index (κ3) is 3.48. The van der Waals surface area contributed by atoms with Crippen LogP contribution in [0.2, 0.25) is 0 Å². The van der Waals surface area contributed by atoms with Crippen molar-refractivity contribution in [2.45, 2.75) is 52.1 Å². The van der Waals surface area contributed by atoms with E-state index in [2.05, 4.69) is 26.0 Å². The number of rotatable bonds is 3. The molecular formula is C15H20LiOP. The Kier molecular flexibility index (Phi) is 6.13. The van der Waals surface area contributed by atoms with Crippen molar-refractivity contribution >= 4 is 14.1 Å². The van der Waals surface area contributed by atoms with E-state index in [9.17, 15) is 4.79 Å². The average molecular weight is 254 g/mol. The predicted octanol–water partition coefficient (Wildman–Crippen LogP) is 1.64. The summed E-state index contributed by atoms with van der Waals surface area (Å²) in [5.74, 6) is 0. The third-order valence-corrected chi connectivity index (χ3v) is 5.12. The SMILES string of the molecule is Cc1ccc(C)c(C(=O)[P-]C2CCCC2)c1C.[Li+]. The molecule has 92 valence electrons.